The van der Waals surface area contributed by atoms with E-state index in [9.17, 15) is 0 Å². The van der Waals surface area contributed by atoms with Crippen LogP contribution in [0.3, 0.4) is 0 Å². The predicted octanol–water partition coefficient (Wildman–Crippen LogP) is -7.02. The van der Waals surface area contributed by atoms with Gasteiger partial charge in [-0.2, -0.15) is 0 Å². The Labute approximate surface area is 203 Å². The summed E-state index contributed by atoms with van der Waals surface area (Å²) in [7, 11) is 0. The molecule has 0 aromatic heterocycles. The number of hydrogen-bond donors (Lipinski definition) is 3. The van der Waals surface area contributed by atoms with Gasteiger partial charge >= 0.3 is 103 Å². The minimum absolute atomic E-state index is 0. The van der Waals surface area contributed by atoms with Crippen LogP contribution in [-0.4, -0.2) is 39.5 Å². The summed E-state index contributed by atoms with van der Waals surface area (Å²) in [5.41, 5.74) is 2.91. The molecule has 10 heteroatoms. The molecular formula is C6H10K2N4S4. The molecule has 3 N–H and O–H groups in total. The van der Waals surface area contributed by atoms with E-state index in [0.29, 0.717) is 8.64 Å². The second kappa shape index (κ2) is 12.2. The van der Waals surface area contributed by atoms with E-state index in [-0.39, 0.29) is 109 Å². The van der Waals surface area contributed by atoms with Gasteiger partial charge in [-0.1, -0.05) is 4.32 Å². The maximum atomic E-state index is 4.81. The van der Waals surface area contributed by atoms with Crippen molar-refractivity contribution in [1.29, 1.82) is 0 Å². The van der Waals surface area contributed by atoms with E-state index in [1.54, 1.807) is 0 Å². The van der Waals surface area contributed by atoms with E-state index in [2.05, 4.69) is 16.1 Å². The van der Waals surface area contributed by atoms with Crippen LogP contribution in [0.25, 0.3) is 0 Å². The Balaban J connectivity index is 0. The van der Waals surface area contributed by atoms with Crippen LogP contribution in [0.5, 0.6) is 0 Å². The average Bonchev–Trinajstić information content (AvgIpc) is 2.06. The minimum Gasteiger partial charge on any atom is -0.412 e. The fraction of sp³-hybridized carbons (Fsp3) is 0.667. The molecule has 0 aromatic carbocycles. The van der Waals surface area contributed by atoms with Gasteiger partial charge in [0, 0.05) is 19.6 Å². The van der Waals surface area contributed by atoms with Crippen molar-refractivity contribution in [2.75, 3.05) is 19.6 Å². The van der Waals surface area contributed by atoms with Crippen molar-refractivity contribution in [2.45, 2.75) is 6.17 Å². The molecule has 80 valence electrons. The van der Waals surface area contributed by atoms with Crippen LogP contribution >= 0.6 is 24.4 Å². The largest absolute Gasteiger partial charge is 1.00 e. The van der Waals surface area contributed by atoms with Crippen molar-refractivity contribution in [3.63, 3.8) is 0 Å². The Bertz CT molecular complexity index is 219. The first-order valence-electron chi connectivity index (χ1n) is 4.02. The van der Waals surface area contributed by atoms with E-state index >= 15 is 0 Å². The molecule has 1 aliphatic heterocycles. The molecule has 1 unspecified atom stereocenters. The van der Waals surface area contributed by atoms with Gasteiger partial charge in [-0.05, 0) is 4.32 Å². The van der Waals surface area contributed by atoms with E-state index in [1.165, 1.54) is 0 Å². The second-order valence-corrected chi connectivity index (χ2v) is 4.89. The standard InChI is InChI=1S/C6H12N4S4.2K/c11-5(12)8-4-3-7-1-2-10(4)9-6(13)14;;/h4,7H,1-3H2,(H2,8,11,12)(H2,9,13,14);;/q;2*+1/p-2. The molecule has 1 atom stereocenters. The molecule has 1 rings (SSSR count). The third kappa shape index (κ3) is 9.34. The smallest absolute Gasteiger partial charge is 0.412 e. The SMILES string of the molecule is S=C([S-])NC1CNCCN1NC(=S)[S-].[K+].[K+]. The van der Waals surface area contributed by atoms with Gasteiger partial charge in [-0.25, -0.2) is 5.01 Å². The van der Waals surface area contributed by atoms with Crippen LogP contribution in [0.2, 0.25) is 0 Å². The van der Waals surface area contributed by atoms with Crippen LogP contribution in [0, 0.1) is 0 Å². The number of rotatable bonds is 2. The van der Waals surface area contributed by atoms with E-state index < -0.39 is 0 Å². The molecule has 0 saturated carbocycles. The fourth-order valence-electron chi connectivity index (χ4n) is 1.22. The molecule has 1 heterocycles. The van der Waals surface area contributed by atoms with E-state index in [1.807, 2.05) is 5.01 Å². The zero-order valence-corrected chi connectivity index (χ0v) is 18.8. The Morgan fingerprint density at radius 2 is 1.88 bits per heavy atom. The second-order valence-electron chi connectivity index (χ2n) is 2.74. The third-order valence-corrected chi connectivity index (χ3v) is 2.18. The summed E-state index contributed by atoms with van der Waals surface area (Å²) in [5, 5.41) is 8.10. The first kappa shape index (κ1) is 21.7. The van der Waals surface area contributed by atoms with Gasteiger partial charge in [-0.3, -0.25) is 0 Å². The Hall–Kier alpha value is 3.41. The number of nitrogens with zero attached hydrogens (tertiary/aromatic N) is 1. The summed E-state index contributed by atoms with van der Waals surface area (Å²) in [6.45, 7) is 2.43. The van der Waals surface area contributed by atoms with Gasteiger partial charge in [-0.15, -0.1) is 0 Å². The number of nitrogens with one attached hydrogen (secondary N) is 3. The number of hydrogen-bond acceptors (Lipinski definition) is 6. The van der Waals surface area contributed by atoms with Crippen LogP contribution in [0.15, 0.2) is 0 Å². The molecular weight excluding hydrogens is 335 g/mol. The summed E-state index contributed by atoms with van der Waals surface area (Å²) >= 11 is 19.2. The summed E-state index contributed by atoms with van der Waals surface area (Å²) in [6, 6.07) is 0. The van der Waals surface area contributed by atoms with Crippen molar-refractivity contribution in [3.05, 3.63) is 0 Å². The predicted molar refractivity (Wildman–Crippen MR) is 69.6 cm³/mol. The monoisotopic (exact) mass is 344 g/mol. The van der Waals surface area contributed by atoms with Crippen molar-refractivity contribution in [2.24, 2.45) is 0 Å². The molecule has 1 aliphatic rings. The minimum atomic E-state index is 0. The maximum Gasteiger partial charge on any atom is 1.00 e. The topological polar surface area (TPSA) is 39.3 Å². The van der Waals surface area contributed by atoms with E-state index in [0.717, 1.165) is 19.6 Å². The zero-order chi connectivity index (χ0) is 10.6. The van der Waals surface area contributed by atoms with Gasteiger partial charge in [0.05, 0.1) is 0 Å². The molecule has 0 radical (unpaired) electrons. The number of thiocarbonyl (C=S) groups is 2. The quantitative estimate of drug-likeness (QED) is 0.259. The van der Waals surface area contributed by atoms with Crippen molar-refractivity contribution < 1.29 is 103 Å². The molecule has 0 bridgehead atoms. The van der Waals surface area contributed by atoms with Gasteiger partial charge in [0.15, 0.2) is 0 Å². The van der Waals surface area contributed by atoms with Gasteiger partial charge < -0.3 is 65.8 Å². The summed E-state index contributed by atoms with van der Waals surface area (Å²) in [6.07, 6.45) is 0.00894. The summed E-state index contributed by atoms with van der Waals surface area (Å²) in [4.78, 5) is 0. The van der Waals surface area contributed by atoms with Crippen molar-refractivity contribution in [3.8, 4) is 0 Å². The first-order valence-corrected chi connectivity index (χ1v) is 5.65. The van der Waals surface area contributed by atoms with Crippen LogP contribution in [0.4, 0.5) is 0 Å². The Kier molecular flexibility index (Phi) is 16.5. The molecule has 16 heavy (non-hydrogen) atoms. The fourth-order valence-corrected chi connectivity index (χ4v) is 1.73. The first-order chi connectivity index (χ1) is 6.59. The van der Waals surface area contributed by atoms with Crippen LogP contribution in [0.1, 0.15) is 0 Å². The zero-order valence-electron chi connectivity index (χ0n) is 9.28. The van der Waals surface area contributed by atoms with Crippen LogP contribution in [-0.2, 0) is 25.3 Å². The molecule has 0 spiro atoms. The Morgan fingerprint density at radius 1 is 1.25 bits per heavy atom. The number of piperazine rings is 1. The van der Waals surface area contributed by atoms with Gasteiger partial charge in [0.1, 0.15) is 6.17 Å². The van der Waals surface area contributed by atoms with Gasteiger partial charge in [0.25, 0.3) is 0 Å². The van der Waals surface area contributed by atoms with E-state index in [4.69, 9.17) is 49.7 Å². The molecule has 0 aliphatic carbocycles. The normalized spacial score (nSPS) is 19.9. The molecule has 1 saturated heterocycles. The van der Waals surface area contributed by atoms with Gasteiger partial charge in [0.2, 0.25) is 0 Å². The summed E-state index contributed by atoms with van der Waals surface area (Å²) < 4.78 is 0.676. The third-order valence-electron chi connectivity index (χ3n) is 1.76. The molecule has 1 fully saturated rings. The summed E-state index contributed by atoms with van der Waals surface area (Å²) in [5.74, 6) is 0. The maximum absolute atomic E-state index is 4.81. The molecule has 0 aromatic rings. The molecule has 0 amide bonds. The van der Waals surface area contributed by atoms with Crippen molar-refractivity contribution >= 4 is 58.3 Å². The van der Waals surface area contributed by atoms with Crippen LogP contribution < -0.4 is 119 Å². The molecule has 4 nitrogen and oxygen atoms in total. The van der Waals surface area contributed by atoms with Crippen molar-refractivity contribution in [1.82, 2.24) is 21.1 Å². The number of hydrazine groups is 1. The Morgan fingerprint density at radius 3 is 2.38 bits per heavy atom. The average molecular weight is 345 g/mol.